The van der Waals surface area contributed by atoms with Crippen LogP contribution in [0.15, 0.2) is 0 Å². The molecule has 0 fully saturated rings. The summed E-state index contributed by atoms with van der Waals surface area (Å²) in [4.78, 5) is 1.42. The van der Waals surface area contributed by atoms with Gasteiger partial charge in [0.05, 0.1) is 13.2 Å². The molecule has 0 amide bonds. The van der Waals surface area contributed by atoms with E-state index in [0.29, 0.717) is 26.2 Å². The Morgan fingerprint density at radius 1 is 1.29 bits per heavy atom. The fourth-order valence-corrected chi connectivity index (χ4v) is 1.62. The minimum Gasteiger partial charge on any atom is -0.383 e. The summed E-state index contributed by atoms with van der Waals surface area (Å²) in [5.41, 5.74) is 0. The zero-order chi connectivity index (χ0) is 13.3. The Balaban J connectivity index is 3.84. The molecular formula is C11H23F3N2O. The molecule has 104 valence electrons. The lowest BCUT2D eigenvalue weighted by molar-refractivity contribution is -0.145. The van der Waals surface area contributed by atoms with Gasteiger partial charge in [-0.3, -0.25) is 4.90 Å². The standard InChI is InChI=1S/C11H23F3N2O/c1-4-6-16(9-11(12,13)14)7-5-15-10(2)8-17-3/h10,15H,4-9H2,1-3H3. The molecule has 0 aromatic heterocycles. The Morgan fingerprint density at radius 3 is 2.41 bits per heavy atom. The van der Waals surface area contributed by atoms with E-state index in [9.17, 15) is 13.2 Å². The van der Waals surface area contributed by atoms with Crippen LogP contribution in [0.4, 0.5) is 13.2 Å². The predicted molar refractivity (Wildman–Crippen MR) is 62.1 cm³/mol. The fourth-order valence-electron chi connectivity index (χ4n) is 1.62. The van der Waals surface area contributed by atoms with Crippen LogP contribution in [0, 0.1) is 0 Å². The number of rotatable bonds is 9. The molecule has 0 aromatic rings. The third-order valence-corrected chi connectivity index (χ3v) is 2.28. The second-order valence-corrected chi connectivity index (χ2v) is 4.20. The Kier molecular flexibility index (Phi) is 8.55. The summed E-state index contributed by atoms with van der Waals surface area (Å²) in [6.45, 7) is 4.97. The van der Waals surface area contributed by atoms with Crippen molar-refractivity contribution in [3.8, 4) is 0 Å². The van der Waals surface area contributed by atoms with Gasteiger partial charge in [0.15, 0.2) is 0 Å². The van der Waals surface area contributed by atoms with E-state index in [2.05, 4.69) is 5.32 Å². The van der Waals surface area contributed by atoms with Gasteiger partial charge in [-0.15, -0.1) is 0 Å². The largest absolute Gasteiger partial charge is 0.401 e. The van der Waals surface area contributed by atoms with Gasteiger partial charge in [0, 0.05) is 26.2 Å². The number of methoxy groups -OCH3 is 1. The maximum Gasteiger partial charge on any atom is 0.401 e. The first-order valence-corrected chi connectivity index (χ1v) is 5.90. The molecule has 1 N–H and O–H groups in total. The molecule has 0 aliphatic heterocycles. The van der Waals surface area contributed by atoms with E-state index >= 15 is 0 Å². The molecule has 1 unspecified atom stereocenters. The Morgan fingerprint density at radius 2 is 1.94 bits per heavy atom. The van der Waals surface area contributed by atoms with Crippen LogP contribution in [0.25, 0.3) is 0 Å². The molecule has 3 nitrogen and oxygen atoms in total. The highest BCUT2D eigenvalue weighted by molar-refractivity contribution is 4.66. The number of nitrogens with zero attached hydrogens (tertiary/aromatic N) is 1. The monoisotopic (exact) mass is 256 g/mol. The number of alkyl halides is 3. The third-order valence-electron chi connectivity index (χ3n) is 2.28. The van der Waals surface area contributed by atoms with E-state index in [1.165, 1.54) is 4.90 Å². The van der Waals surface area contributed by atoms with Gasteiger partial charge in [0.2, 0.25) is 0 Å². The lowest BCUT2D eigenvalue weighted by Crippen LogP contribution is -2.41. The van der Waals surface area contributed by atoms with Crippen molar-refractivity contribution >= 4 is 0 Å². The quantitative estimate of drug-likeness (QED) is 0.682. The summed E-state index contributed by atoms with van der Waals surface area (Å²) in [5, 5.41) is 3.12. The minimum absolute atomic E-state index is 0.161. The first-order valence-electron chi connectivity index (χ1n) is 5.90. The van der Waals surface area contributed by atoms with Crippen LogP contribution in [0.5, 0.6) is 0 Å². The molecule has 0 bridgehead atoms. The Labute approximate surface area is 101 Å². The van der Waals surface area contributed by atoms with E-state index in [0.717, 1.165) is 6.42 Å². The maximum absolute atomic E-state index is 12.3. The molecular weight excluding hydrogens is 233 g/mol. The topological polar surface area (TPSA) is 24.5 Å². The zero-order valence-corrected chi connectivity index (χ0v) is 10.8. The van der Waals surface area contributed by atoms with E-state index in [-0.39, 0.29) is 6.04 Å². The predicted octanol–water partition coefficient (Wildman–Crippen LogP) is 1.89. The lowest BCUT2D eigenvalue weighted by Gasteiger charge is -2.24. The maximum atomic E-state index is 12.3. The fraction of sp³-hybridized carbons (Fsp3) is 1.00. The summed E-state index contributed by atoms with van der Waals surface area (Å²) < 4.78 is 41.7. The van der Waals surface area contributed by atoms with Crippen LogP contribution >= 0.6 is 0 Å². The number of ether oxygens (including phenoxy) is 1. The smallest absolute Gasteiger partial charge is 0.383 e. The molecule has 0 heterocycles. The molecule has 0 saturated carbocycles. The van der Waals surface area contributed by atoms with E-state index < -0.39 is 12.7 Å². The highest BCUT2D eigenvalue weighted by atomic mass is 19.4. The third kappa shape index (κ3) is 10.5. The van der Waals surface area contributed by atoms with Crippen molar-refractivity contribution in [2.75, 3.05) is 39.9 Å². The van der Waals surface area contributed by atoms with Crippen molar-refractivity contribution in [2.45, 2.75) is 32.5 Å². The molecule has 0 radical (unpaired) electrons. The SMILES string of the molecule is CCCN(CCNC(C)COC)CC(F)(F)F. The van der Waals surface area contributed by atoms with Gasteiger partial charge in [0.25, 0.3) is 0 Å². The molecule has 0 spiro atoms. The van der Waals surface area contributed by atoms with Gasteiger partial charge in [0.1, 0.15) is 0 Å². The van der Waals surface area contributed by atoms with E-state index in [1.807, 2.05) is 13.8 Å². The van der Waals surface area contributed by atoms with Crippen molar-refractivity contribution in [3.05, 3.63) is 0 Å². The number of hydrogen-bond donors (Lipinski definition) is 1. The Hall–Kier alpha value is -0.330. The van der Waals surface area contributed by atoms with Gasteiger partial charge < -0.3 is 10.1 Å². The summed E-state index contributed by atoms with van der Waals surface area (Å²) in [5.74, 6) is 0. The average Bonchev–Trinajstić information content (AvgIpc) is 2.15. The molecule has 17 heavy (non-hydrogen) atoms. The number of halogens is 3. The number of hydrogen-bond acceptors (Lipinski definition) is 3. The van der Waals surface area contributed by atoms with Crippen molar-refractivity contribution in [1.82, 2.24) is 10.2 Å². The van der Waals surface area contributed by atoms with Gasteiger partial charge in [-0.25, -0.2) is 0 Å². The van der Waals surface area contributed by atoms with Crippen LogP contribution in [-0.4, -0.2) is 57.0 Å². The zero-order valence-electron chi connectivity index (χ0n) is 10.8. The van der Waals surface area contributed by atoms with Crippen LogP contribution in [-0.2, 0) is 4.74 Å². The van der Waals surface area contributed by atoms with Crippen molar-refractivity contribution in [3.63, 3.8) is 0 Å². The summed E-state index contributed by atoms with van der Waals surface area (Å²) in [6, 6.07) is 0.161. The van der Waals surface area contributed by atoms with Gasteiger partial charge in [-0.2, -0.15) is 13.2 Å². The van der Waals surface area contributed by atoms with Crippen molar-refractivity contribution in [1.29, 1.82) is 0 Å². The van der Waals surface area contributed by atoms with Crippen LogP contribution < -0.4 is 5.32 Å². The average molecular weight is 256 g/mol. The van der Waals surface area contributed by atoms with Crippen LogP contribution in [0.3, 0.4) is 0 Å². The molecule has 0 aliphatic rings. The highest BCUT2D eigenvalue weighted by Gasteiger charge is 2.30. The van der Waals surface area contributed by atoms with Crippen LogP contribution in [0.2, 0.25) is 0 Å². The van der Waals surface area contributed by atoms with Gasteiger partial charge in [-0.05, 0) is 19.9 Å². The Bertz CT molecular complexity index is 188. The summed E-state index contributed by atoms with van der Waals surface area (Å²) in [7, 11) is 1.60. The van der Waals surface area contributed by atoms with Crippen molar-refractivity contribution in [2.24, 2.45) is 0 Å². The molecule has 0 aliphatic carbocycles. The van der Waals surface area contributed by atoms with Crippen molar-refractivity contribution < 1.29 is 17.9 Å². The first-order chi connectivity index (χ1) is 7.89. The first kappa shape index (κ1) is 16.7. The molecule has 0 saturated heterocycles. The van der Waals surface area contributed by atoms with Crippen LogP contribution in [0.1, 0.15) is 20.3 Å². The second-order valence-electron chi connectivity index (χ2n) is 4.20. The molecule has 1 atom stereocenters. The summed E-state index contributed by atoms with van der Waals surface area (Å²) in [6.07, 6.45) is -3.39. The second kappa shape index (κ2) is 8.72. The molecule has 0 aromatic carbocycles. The van der Waals surface area contributed by atoms with E-state index in [4.69, 9.17) is 4.74 Å². The number of nitrogens with one attached hydrogen (secondary N) is 1. The van der Waals surface area contributed by atoms with Gasteiger partial charge >= 0.3 is 6.18 Å². The normalized spacial score (nSPS) is 14.3. The highest BCUT2D eigenvalue weighted by Crippen LogP contribution is 2.16. The van der Waals surface area contributed by atoms with Gasteiger partial charge in [-0.1, -0.05) is 6.92 Å². The minimum atomic E-state index is -4.12. The van der Waals surface area contributed by atoms with E-state index in [1.54, 1.807) is 7.11 Å². The summed E-state index contributed by atoms with van der Waals surface area (Å²) >= 11 is 0. The molecule has 6 heteroatoms. The lowest BCUT2D eigenvalue weighted by atomic mass is 10.3. The molecule has 0 rings (SSSR count).